The van der Waals surface area contributed by atoms with Crippen LogP contribution in [0.2, 0.25) is 0 Å². The third kappa shape index (κ3) is 10.6. The number of allylic oxidation sites excluding steroid dienone is 4. The molecule has 1 aromatic carbocycles. The topological polar surface area (TPSA) is 0 Å². The minimum Gasteiger partial charge on any atom is -0.207 e. The molecule has 1 aromatic rings. The minimum atomic E-state index is -0.355. The largest absolute Gasteiger partial charge is 0.207 e. The third-order valence-electron chi connectivity index (χ3n) is 9.28. The monoisotopic (exact) mass is 526 g/mol. The molecule has 2 aliphatic carbocycles. The normalized spacial score (nSPS) is 21.6. The highest BCUT2D eigenvalue weighted by molar-refractivity contribution is 5.36. The van der Waals surface area contributed by atoms with Gasteiger partial charge in [0.25, 0.3) is 0 Å². The van der Waals surface area contributed by atoms with Gasteiger partial charge in [-0.3, -0.25) is 0 Å². The van der Waals surface area contributed by atoms with Crippen molar-refractivity contribution in [1.82, 2.24) is 0 Å². The second-order valence-electron chi connectivity index (χ2n) is 12.4. The van der Waals surface area contributed by atoms with Crippen molar-refractivity contribution < 1.29 is 8.78 Å². The molecule has 0 aliphatic heterocycles. The molecule has 1 atom stereocenters. The Morgan fingerprint density at radius 1 is 0.684 bits per heavy atom. The first-order valence-corrected chi connectivity index (χ1v) is 16.5. The quantitative estimate of drug-likeness (QED) is 0.167. The van der Waals surface area contributed by atoms with Gasteiger partial charge in [-0.2, -0.15) is 0 Å². The summed E-state index contributed by atoms with van der Waals surface area (Å²) in [6, 6.07) is 3.19. The van der Waals surface area contributed by atoms with E-state index < -0.39 is 0 Å². The Morgan fingerprint density at radius 3 is 1.79 bits per heavy atom. The molecule has 0 nitrogen and oxygen atoms in total. The summed E-state index contributed by atoms with van der Waals surface area (Å²) in [6.07, 6.45) is 33.0. The molecule has 1 saturated carbocycles. The Bertz CT molecular complexity index is 820. The van der Waals surface area contributed by atoms with Gasteiger partial charge in [-0.15, -0.1) is 0 Å². The fraction of sp³-hybridized carbons (Fsp3) is 0.722. The zero-order valence-corrected chi connectivity index (χ0v) is 24.7. The van der Waals surface area contributed by atoms with Gasteiger partial charge in [0.1, 0.15) is 11.6 Å². The van der Waals surface area contributed by atoms with Gasteiger partial charge in [-0.25, -0.2) is 8.78 Å². The molecule has 0 heterocycles. The van der Waals surface area contributed by atoms with Crippen LogP contribution < -0.4 is 0 Å². The Hall–Kier alpha value is -1.44. The average molecular weight is 527 g/mol. The summed E-state index contributed by atoms with van der Waals surface area (Å²) < 4.78 is 29.6. The average Bonchev–Trinajstić information content (AvgIpc) is 2.93. The summed E-state index contributed by atoms with van der Waals surface area (Å²) in [7, 11) is 0. The first-order chi connectivity index (χ1) is 18.6. The predicted molar refractivity (Wildman–Crippen MR) is 161 cm³/mol. The maximum atomic E-state index is 14.8. The maximum absolute atomic E-state index is 14.8. The van der Waals surface area contributed by atoms with Crippen molar-refractivity contribution in [1.29, 1.82) is 0 Å². The Kier molecular flexibility index (Phi) is 14.7. The molecule has 1 unspecified atom stereocenters. The zero-order chi connectivity index (χ0) is 27.0. The fourth-order valence-corrected chi connectivity index (χ4v) is 6.70. The molecule has 214 valence electrons. The van der Waals surface area contributed by atoms with Gasteiger partial charge in [-0.05, 0) is 80.1 Å². The number of hydrogen-bond donors (Lipinski definition) is 0. The SMILES string of the molecule is CCCCCCCCCCC1CCC(C2=CCC(c3cc(F)c(CCCCCCCC)c(F)c3)C=C2)CC1. The van der Waals surface area contributed by atoms with Gasteiger partial charge in [0, 0.05) is 11.5 Å². The second-order valence-corrected chi connectivity index (χ2v) is 12.4. The Balaban J connectivity index is 1.36. The highest BCUT2D eigenvalue weighted by Gasteiger charge is 2.25. The standard InChI is InChI=1S/C36H56F2/c1-3-5-7-9-11-12-13-15-17-29-19-21-30(22-20-29)31-23-25-32(26-24-31)33-27-35(37)34(36(38)28-33)18-16-14-10-8-6-4-2/h23-25,27-30,32H,3-22,26H2,1-2H3. The third-order valence-corrected chi connectivity index (χ3v) is 9.28. The molecule has 0 aromatic heterocycles. The summed E-state index contributed by atoms with van der Waals surface area (Å²) in [5, 5.41) is 0. The smallest absolute Gasteiger partial charge is 0.129 e. The van der Waals surface area contributed by atoms with E-state index in [9.17, 15) is 8.78 Å². The highest BCUT2D eigenvalue weighted by atomic mass is 19.1. The van der Waals surface area contributed by atoms with Crippen LogP contribution in [0.5, 0.6) is 0 Å². The molecule has 0 N–H and O–H groups in total. The molecule has 2 aliphatic rings. The summed E-state index contributed by atoms with van der Waals surface area (Å²) in [5.74, 6) is 0.977. The van der Waals surface area contributed by atoms with E-state index in [1.165, 1.54) is 108 Å². The molecule has 38 heavy (non-hydrogen) atoms. The lowest BCUT2D eigenvalue weighted by Gasteiger charge is -2.31. The molecule has 0 radical (unpaired) electrons. The zero-order valence-electron chi connectivity index (χ0n) is 24.7. The van der Waals surface area contributed by atoms with Gasteiger partial charge in [0.15, 0.2) is 0 Å². The molecule has 0 amide bonds. The van der Waals surface area contributed by atoms with Crippen molar-refractivity contribution in [2.45, 2.75) is 155 Å². The van der Waals surface area contributed by atoms with E-state index in [1.54, 1.807) is 12.1 Å². The lowest BCUT2D eigenvalue weighted by molar-refractivity contribution is 0.282. The molecule has 1 fully saturated rings. The van der Waals surface area contributed by atoms with Crippen molar-refractivity contribution in [3.63, 3.8) is 0 Å². The van der Waals surface area contributed by atoms with E-state index in [-0.39, 0.29) is 23.1 Å². The molecular formula is C36H56F2. The van der Waals surface area contributed by atoms with E-state index in [0.717, 1.165) is 37.2 Å². The van der Waals surface area contributed by atoms with E-state index in [4.69, 9.17) is 0 Å². The van der Waals surface area contributed by atoms with Crippen LogP contribution in [0.4, 0.5) is 8.78 Å². The van der Waals surface area contributed by atoms with Crippen LogP contribution in [0.1, 0.15) is 159 Å². The van der Waals surface area contributed by atoms with Gasteiger partial charge >= 0.3 is 0 Å². The predicted octanol–water partition coefficient (Wildman–Crippen LogP) is 12.2. The molecule has 3 rings (SSSR count). The van der Waals surface area contributed by atoms with E-state index in [2.05, 4.69) is 32.1 Å². The van der Waals surface area contributed by atoms with Gasteiger partial charge in [0.05, 0.1) is 0 Å². The molecule has 0 saturated heterocycles. The molecular weight excluding hydrogens is 470 g/mol. The van der Waals surface area contributed by atoms with E-state index in [0.29, 0.717) is 12.3 Å². The lowest BCUT2D eigenvalue weighted by atomic mass is 9.75. The number of rotatable bonds is 18. The Labute approximate surface area is 233 Å². The first-order valence-electron chi connectivity index (χ1n) is 16.5. The van der Waals surface area contributed by atoms with Gasteiger partial charge in [-0.1, -0.05) is 122 Å². The van der Waals surface area contributed by atoms with Gasteiger partial charge in [0.2, 0.25) is 0 Å². The van der Waals surface area contributed by atoms with Crippen LogP contribution in [0, 0.1) is 23.5 Å². The second kappa shape index (κ2) is 18.0. The van der Waals surface area contributed by atoms with Crippen LogP contribution in [0.15, 0.2) is 35.9 Å². The van der Waals surface area contributed by atoms with E-state index in [1.807, 2.05) is 0 Å². The molecule has 2 heteroatoms. The number of unbranched alkanes of at least 4 members (excludes halogenated alkanes) is 12. The maximum Gasteiger partial charge on any atom is 0.129 e. The first kappa shape index (κ1) is 31.1. The number of benzene rings is 1. The van der Waals surface area contributed by atoms with Crippen LogP contribution in [0.3, 0.4) is 0 Å². The highest BCUT2D eigenvalue weighted by Crippen LogP contribution is 2.39. The number of halogens is 2. The summed E-state index contributed by atoms with van der Waals surface area (Å²) >= 11 is 0. The van der Waals surface area contributed by atoms with Crippen LogP contribution in [-0.4, -0.2) is 0 Å². The summed E-state index contributed by atoms with van der Waals surface area (Å²) in [6.45, 7) is 4.49. The van der Waals surface area contributed by atoms with Crippen molar-refractivity contribution in [2.75, 3.05) is 0 Å². The molecule has 0 spiro atoms. The van der Waals surface area contributed by atoms with Crippen LogP contribution in [0.25, 0.3) is 0 Å². The van der Waals surface area contributed by atoms with Crippen molar-refractivity contribution in [3.8, 4) is 0 Å². The Morgan fingerprint density at radius 2 is 1.24 bits per heavy atom. The van der Waals surface area contributed by atoms with Crippen molar-refractivity contribution in [2.24, 2.45) is 11.8 Å². The van der Waals surface area contributed by atoms with Crippen molar-refractivity contribution >= 4 is 0 Å². The van der Waals surface area contributed by atoms with Gasteiger partial charge < -0.3 is 0 Å². The molecule has 0 bridgehead atoms. The summed E-state index contributed by atoms with van der Waals surface area (Å²) in [4.78, 5) is 0. The van der Waals surface area contributed by atoms with Crippen molar-refractivity contribution in [3.05, 3.63) is 58.7 Å². The van der Waals surface area contributed by atoms with E-state index >= 15 is 0 Å². The lowest BCUT2D eigenvalue weighted by Crippen LogP contribution is -2.17. The summed E-state index contributed by atoms with van der Waals surface area (Å²) in [5.41, 5.74) is 2.53. The minimum absolute atomic E-state index is 0.0872. The van der Waals surface area contributed by atoms with Crippen LogP contribution in [-0.2, 0) is 6.42 Å². The number of hydrogen-bond acceptors (Lipinski definition) is 0. The van der Waals surface area contributed by atoms with Crippen LogP contribution >= 0.6 is 0 Å². The fourth-order valence-electron chi connectivity index (χ4n) is 6.70.